The number of nitrogens with one attached hydrogen (secondary N) is 1. The molecule has 2 rings (SSSR count). The van der Waals surface area contributed by atoms with Gasteiger partial charge < -0.3 is 9.84 Å². The Bertz CT molecular complexity index is 587. The van der Waals surface area contributed by atoms with E-state index in [2.05, 4.69) is 15.4 Å². The first-order valence-corrected chi connectivity index (χ1v) is 5.75. The van der Waals surface area contributed by atoms with Gasteiger partial charge >= 0.3 is 5.97 Å². The number of carbonyl (C=O) groups is 1. The monoisotopic (exact) mass is 259 g/mol. The normalized spacial score (nSPS) is 10.8. The van der Waals surface area contributed by atoms with Crippen molar-refractivity contribution in [3.63, 3.8) is 0 Å². The van der Waals surface area contributed by atoms with Crippen molar-refractivity contribution in [1.29, 1.82) is 0 Å². The summed E-state index contributed by atoms with van der Waals surface area (Å²) in [6.45, 7) is 2.54. The van der Waals surface area contributed by atoms with Crippen molar-refractivity contribution in [2.24, 2.45) is 0 Å². The van der Waals surface area contributed by atoms with Crippen LogP contribution in [-0.4, -0.2) is 33.1 Å². The average Bonchev–Trinajstić information content (AvgIpc) is 2.87. The summed E-state index contributed by atoms with van der Waals surface area (Å²) in [7, 11) is 0. The number of nitrogens with zero attached hydrogens (tertiary/aromatic N) is 2. The predicted octanol–water partition coefficient (Wildman–Crippen LogP) is 2.07. The van der Waals surface area contributed by atoms with Gasteiger partial charge in [0.25, 0.3) is 0 Å². The third-order valence-corrected chi connectivity index (χ3v) is 2.40. The number of ether oxygens (including phenoxy) is 1. The smallest absolute Gasteiger partial charge is 0.358 e. The standard InChI is InChI=1S/C13H13N3O3/c1-2-19-10-6-3-9(4-7-10)5-8-11-12(13(17)18)15-16-14-11/h3-8H,2H2,1H3,(H,17,18)(H,14,15,16). The van der Waals surface area contributed by atoms with Crippen molar-refractivity contribution in [2.45, 2.75) is 6.92 Å². The van der Waals surface area contributed by atoms with Crippen LogP contribution in [0.2, 0.25) is 0 Å². The molecule has 0 unspecified atom stereocenters. The van der Waals surface area contributed by atoms with Gasteiger partial charge in [0.1, 0.15) is 11.4 Å². The molecule has 0 amide bonds. The molecule has 2 N–H and O–H groups in total. The van der Waals surface area contributed by atoms with Crippen LogP contribution in [0.5, 0.6) is 5.75 Å². The van der Waals surface area contributed by atoms with E-state index in [9.17, 15) is 4.79 Å². The van der Waals surface area contributed by atoms with Gasteiger partial charge in [0, 0.05) is 0 Å². The summed E-state index contributed by atoms with van der Waals surface area (Å²) in [4.78, 5) is 10.8. The lowest BCUT2D eigenvalue weighted by atomic mass is 10.2. The maximum atomic E-state index is 10.8. The lowest BCUT2D eigenvalue weighted by molar-refractivity contribution is 0.0690. The predicted molar refractivity (Wildman–Crippen MR) is 69.9 cm³/mol. The number of benzene rings is 1. The highest BCUT2D eigenvalue weighted by Gasteiger charge is 2.11. The molecular formula is C13H13N3O3. The highest BCUT2D eigenvalue weighted by molar-refractivity contribution is 5.90. The molecule has 0 saturated heterocycles. The number of carboxylic acids is 1. The number of hydrogen-bond donors (Lipinski definition) is 2. The van der Waals surface area contributed by atoms with Crippen LogP contribution in [-0.2, 0) is 0 Å². The number of carboxylic acid groups (broad SMARTS) is 1. The molecule has 0 aliphatic heterocycles. The zero-order chi connectivity index (χ0) is 13.7. The Morgan fingerprint density at radius 2 is 2.05 bits per heavy atom. The largest absolute Gasteiger partial charge is 0.494 e. The quantitative estimate of drug-likeness (QED) is 0.858. The van der Waals surface area contributed by atoms with Crippen molar-refractivity contribution in [3.05, 3.63) is 41.2 Å². The molecule has 0 fully saturated rings. The summed E-state index contributed by atoms with van der Waals surface area (Å²) in [5, 5.41) is 18.5. The molecule has 1 aromatic heterocycles. The molecule has 1 aromatic carbocycles. The number of aromatic amines is 1. The topological polar surface area (TPSA) is 88.1 Å². The lowest BCUT2D eigenvalue weighted by Gasteiger charge is -2.02. The van der Waals surface area contributed by atoms with Crippen molar-refractivity contribution in [1.82, 2.24) is 15.4 Å². The van der Waals surface area contributed by atoms with Crippen LogP contribution in [0.4, 0.5) is 0 Å². The molecule has 1 heterocycles. The summed E-state index contributed by atoms with van der Waals surface area (Å²) in [6.07, 6.45) is 3.36. The summed E-state index contributed by atoms with van der Waals surface area (Å²) in [5.41, 5.74) is 1.12. The van der Waals surface area contributed by atoms with Gasteiger partial charge in [0.15, 0.2) is 5.69 Å². The van der Waals surface area contributed by atoms with E-state index in [1.807, 2.05) is 31.2 Å². The highest BCUT2D eigenvalue weighted by atomic mass is 16.5. The van der Waals surface area contributed by atoms with E-state index < -0.39 is 5.97 Å². The summed E-state index contributed by atoms with van der Waals surface area (Å²) >= 11 is 0. The minimum atomic E-state index is -1.11. The molecule has 19 heavy (non-hydrogen) atoms. The minimum absolute atomic E-state index is 0.0952. The second kappa shape index (κ2) is 5.81. The molecule has 6 heteroatoms. The fourth-order valence-corrected chi connectivity index (χ4v) is 1.53. The van der Waals surface area contributed by atoms with Crippen molar-refractivity contribution >= 4 is 18.1 Å². The minimum Gasteiger partial charge on any atom is -0.494 e. The van der Waals surface area contributed by atoms with E-state index >= 15 is 0 Å². The molecule has 6 nitrogen and oxygen atoms in total. The fraction of sp³-hybridized carbons (Fsp3) is 0.154. The summed E-state index contributed by atoms with van der Waals surface area (Å²) in [6, 6.07) is 7.46. The summed E-state index contributed by atoms with van der Waals surface area (Å²) < 4.78 is 5.33. The van der Waals surface area contributed by atoms with E-state index in [0.29, 0.717) is 12.3 Å². The Morgan fingerprint density at radius 3 is 2.68 bits per heavy atom. The highest BCUT2D eigenvalue weighted by Crippen LogP contribution is 2.14. The van der Waals surface area contributed by atoms with E-state index in [4.69, 9.17) is 9.84 Å². The Hall–Kier alpha value is -2.63. The van der Waals surface area contributed by atoms with Crippen LogP contribution in [0.1, 0.15) is 28.7 Å². The number of rotatable bonds is 5. The van der Waals surface area contributed by atoms with Gasteiger partial charge in [-0.15, -0.1) is 5.10 Å². The first-order chi connectivity index (χ1) is 9.20. The van der Waals surface area contributed by atoms with Crippen molar-refractivity contribution in [2.75, 3.05) is 6.61 Å². The van der Waals surface area contributed by atoms with Crippen LogP contribution >= 0.6 is 0 Å². The first-order valence-electron chi connectivity index (χ1n) is 5.75. The van der Waals surface area contributed by atoms with Gasteiger partial charge in [-0.05, 0) is 30.7 Å². The molecular weight excluding hydrogens is 246 g/mol. The molecule has 0 aliphatic rings. The van der Waals surface area contributed by atoms with E-state index in [0.717, 1.165) is 11.3 Å². The van der Waals surface area contributed by atoms with Crippen LogP contribution in [0.15, 0.2) is 24.3 Å². The van der Waals surface area contributed by atoms with Crippen LogP contribution < -0.4 is 4.74 Å². The Labute approximate surface area is 109 Å². The lowest BCUT2D eigenvalue weighted by Crippen LogP contribution is -1.98. The average molecular weight is 259 g/mol. The number of aromatic nitrogens is 3. The third-order valence-electron chi connectivity index (χ3n) is 2.40. The van der Waals surface area contributed by atoms with Crippen LogP contribution in [0, 0.1) is 0 Å². The van der Waals surface area contributed by atoms with E-state index in [1.54, 1.807) is 12.2 Å². The maximum absolute atomic E-state index is 10.8. The molecule has 0 saturated carbocycles. The van der Waals surface area contributed by atoms with Gasteiger partial charge in [-0.25, -0.2) is 4.79 Å². The zero-order valence-corrected chi connectivity index (χ0v) is 10.3. The first kappa shape index (κ1) is 12.8. The third kappa shape index (κ3) is 3.19. The van der Waals surface area contributed by atoms with Gasteiger partial charge in [-0.1, -0.05) is 18.2 Å². The van der Waals surface area contributed by atoms with Gasteiger partial charge in [-0.3, -0.25) is 0 Å². The SMILES string of the molecule is CCOc1ccc(C=Cc2n[nH]nc2C(=O)O)cc1. The molecule has 0 atom stereocenters. The Balaban J connectivity index is 2.13. The molecule has 2 aromatic rings. The van der Waals surface area contributed by atoms with Gasteiger partial charge in [0.2, 0.25) is 0 Å². The fourth-order valence-electron chi connectivity index (χ4n) is 1.53. The van der Waals surface area contributed by atoms with Gasteiger partial charge in [-0.2, -0.15) is 10.3 Å². The Morgan fingerprint density at radius 1 is 1.32 bits per heavy atom. The summed E-state index contributed by atoms with van der Waals surface area (Å²) in [5.74, 6) is -0.313. The molecule has 0 spiro atoms. The second-order valence-electron chi connectivity index (χ2n) is 3.70. The van der Waals surface area contributed by atoms with Crippen molar-refractivity contribution in [3.8, 4) is 5.75 Å². The van der Waals surface area contributed by atoms with E-state index in [1.165, 1.54) is 0 Å². The zero-order valence-electron chi connectivity index (χ0n) is 10.3. The maximum Gasteiger partial charge on any atom is 0.358 e. The second-order valence-corrected chi connectivity index (χ2v) is 3.70. The number of H-pyrrole nitrogens is 1. The van der Waals surface area contributed by atoms with Crippen molar-refractivity contribution < 1.29 is 14.6 Å². The molecule has 98 valence electrons. The van der Waals surface area contributed by atoms with Gasteiger partial charge in [0.05, 0.1) is 6.61 Å². The molecule has 0 radical (unpaired) electrons. The Kier molecular flexibility index (Phi) is 3.92. The number of aromatic carboxylic acids is 1. The van der Waals surface area contributed by atoms with E-state index in [-0.39, 0.29) is 5.69 Å². The molecule has 0 aliphatic carbocycles. The van der Waals surface area contributed by atoms with Crippen LogP contribution in [0.3, 0.4) is 0 Å². The number of hydrogen-bond acceptors (Lipinski definition) is 4. The molecule has 0 bridgehead atoms. The van der Waals surface area contributed by atoms with Crippen LogP contribution in [0.25, 0.3) is 12.2 Å².